The highest BCUT2D eigenvalue weighted by molar-refractivity contribution is 7.92. The smallest absolute Gasteiger partial charge is 0.241 e. The van der Waals surface area contributed by atoms with Crippen LogP contribution in [0.25, 0.3) is 0 Å². The summed E-state index contributed by atoms with van der Waals surface area (Å²) in [6.07, 6.45) is 1.00. The summed E-state index contributed by atoms with van der Waals surface area (Å²) >= 11 is 11.8. The molecule has 0 radical (unpaired) electrons. The second kappa shape index (κ2) is 8.01. The number of carbonyl (C=O) groups excluding carboxylic acids is 1. The fourth-order valence-electron chi connectivity index (χ4n) is 1.81. The second-order valence-electron chi connectivity index (χ2n) is 4.79. The molecule has 0 bridgehead atoms. The van der Waals surface area contributed by atoms with E-state index in [1.54, 1.807) is 6.92 Å². The Bertz CT molecular complexity index is 637. The Morgan fingerprint density at radius 1 is 1.41 bits per heavy atom. The maximum atomic E-state index is 12.0. The minimum Gasteiger partial charge on any atom is -0.383 e. The molecule has 1 atom stereocenters. The number of hydrogen-bond acceptors (Lipinski definition) is 4. The predicted molar refractivity (Wildman–Crippen MR) is 88.1 cm³/mol. The summed E-state index contributed by atoms with van der Waals surface area (Å²) in [6, 6.07) is 4.14. The van der Waals surface area contributed by atoms with E-state index < -0.39 is 15.9 Å². The third kappa shape index (κ3) is 5.64. The SMILES string of the molecule is COC[C@@H](C)NC(=O)CN(c1ccc(Cl)cc1Cl)S(C)(=O)=O. The minimum absolute atomic E-state index is 0.149. The van der Waals surface area contributed by atoms with Gasteiger partial charge in [0.15, 0.2) is 0 Å². The van der Waals surface area contributed by atoms with Crippen LogP contribution in [0.4, 0.5) is 5.69 Å². The van der Waals surface area contributed by atoms with E-state index in [1.807, 2.05) is 0 Å². The molecule has 0 saturated carbocycles. The summed E-state index contributed by atoms with van der Waals surface area (Å²) in [5.41, 5.74) is 0.197. The number of sulfonamides is 1. The molecule has 0 aliphatic carbocycles. The normalized spacial score (nSPS) is 12.8. The average molecular weight is 369 g/mol. The highest BCUT2D eigenvalue weighted by Gasteiger charge is 2.23. The lowest BCUT2D eigenvalue weighted by Crippen LogP contribution is -2.44. The Morgan fingerprint density at radius 3 is 2.55 bits per heavy atom. The van der Waals surface area contributed by atoms with Crippen LogP contribution in [0.2, 0.25) is 10.0 Å². The van der Waals surface area contributed by atoms with Crippen molar-refractivity contribution in [2.24, 2.45) is 0 Å². The van der Waals surface area contributed by atoms with Gasteiger partial charge in [-0.3, -0.25) is 9.10 Å². The number of benzene rings is 1. The molecular formula is C13H18Cl2N2O4S. The van der Waals surface area contributed by atoms with Gasteiger partial charge >= 0.3 is 0 Å². The van der Waals surface area contributed by atoms with Gasteiger partial charge in [0.2, 0.25) is 15.9 Å². The molecule has 6 nitrogen and oxygen atoms in total. The Hall–Kier alpha value is -1.02. The number of carbonyl (C=O) groups is 1. The molecule has 0 spiro atoms. The molecule has 0 aliphatic heterocycles. The lowest BCUT2D eigenvalue weighted by atomic mass is 10.3. The molecule has 1 rings (SSSR count). The molecule has 9 heteroatoms. The van der Waals surface area contributed by atoms with Crippen LogP contribution in [-0.4, -0.2) is 46.9 Å². The Balaban J connectivity index is 2.98. The lowest BCUT2D eigenvalue weighted by molar-refractivity contribution is -0.120. The third-order valence-corrected chi connectivity index (χ3v) is 4.35. The van der Waals surface area contributed by atoms with E-state index >= 15 is 0 Å². The van der Waals surface area contributed by atoms with Gasteiger partial charge in [-0.2, -0.15) is 0 Å². The van der Waals surface area contributed by atoms with Gasteiger partial charge in [-0.05, 0) is 25.1 Å². The van der Waals surface area contributed by atoms with Crippen molar-refractivity contribution in [1.82, 2.24) is 5.32 Å². The molecule has 1 aromatic carbocycles. The van der Waals surface area contributed by atoms with Gasteiger partial charge in [-0.1, -0.05) is 23.2 Å². The number of nitrogens with one attached hydrogen (secondary N) is 1. The van der Waals surface area contributed by atoms with Crippen molar-refractivity contribution in [2.75, 3.05) is 30.8 Å². The van der Waals surface area contributed by atoms with E-state index in [2.05, 4.69) is 5.32 Å². The number of nitrogens with zero attached hydrogens (tertiary/aromatic N) is 1. The molecule has 0 saturated heterocycles. The number of amides is 1. The van der Waals surface area contributed by atoms with Crippen LogP contribution < -0.4 is 9.62 Å². The maximum Gasteiger partial charge on any atom is 0.241 e. The van der Waals surface area contributed by atoms with E-state index in [0.717, 1.165) is 10.6 Å². The number of anilines is 1. The van der Waals surface area contributed by atoms with Gasteiger partial charge in [-0.15, -0.1) is 0 Å². The number of halogens is 2. The highest BCUT2D eigenvalue weighted by atomic mass is 35.5. The molecule has 0 aromatic heterocycles. The van der Waals surface area contributed by atoms with Gasteiger partial charge in [0.25, 0.3) is 0 Å². The van der Waals surface area contributed by atoms with Crippen molar-refractivity contribution in [2.45, 2.75) is 13.0 Å². The number of rotatable bonds is 7. The van der Waals surface area contributed by atoms with E-state index in [-0.39, 0.29) is 23.3 Å². The zero-order valence-corrected chi connectivity index (χ0v) is 14.8. The third-order valence-electron chi connectivity index (χ3n) is 2.69. The summed E-state index contributed by atoms with van der Waals surface area (Å²) in [4.78, 5) is 12.0. The quantitative estimate of drug-likeness (QED) is 0.797. The molecule has 1 aromatic rings. The van der Waals surface area contributed by atoms with Crippen LogP contribution in [0.15, 0.2) is 18.2 Å². The summed E-state index contributed by atoms with van der Waals surface area (Å²) in [6.45, 7) is 1.70. The van der Waals surface area contributed by atoms with E-state index in [1.165, 1.54) is 25.3 Å². The van der Waals surface area contributed by atoms with Crippen LogP contribution in [0, 0.1) is 0 Å². The van der Waals surface area contributed by atoms with Crippen molar-refractivity contribution in [3.63, 3.8) is 0 Å². The number of ether oxygens (including phenoxy) is 1. The topological polar surface area (TPSA) is 75.7 Å². The van der Waals surface area contributed by atoms with Gasteiger partial charge in [0.05, 0.1) is 23.6 Å². The first kappa shape index (κ1) is 19.0. The van der Waals surface area contributed by atoms with Crippen LogP contribution >= 0.6 is 23.2 Å². The zero-order chi connectivity index (χ0) is 16.9. The molecule has 0 unspecified atom stereocenters. The number of methoxy groups -OCH3 is 1. The second-order valence-corrected chi connectivity index (χ2v) is 7.54. The van der Waals surface area contributed by atoms with Crippen molar-refractivity contribution in [3.8, 4) is 0 Å². The standard InChI is InChI=1S/C13H18Cl2N2O4S/c1-9(8-21-2)16-13(18)7-17(22(3,19)20)12-5-4-10(14)6-11(12)15/h4-6,9H,7-8H2,1-3H3,(H,16,18)/t9-/m1/s1. The van der Waals surface area contributed by atoms with Crippen molar-refractivity contribution in [1.29, 1.82) is 0 Å². The molecule has 0 fully saturated rings. The molecule has 0 heterocycles. The summed E-state index contributed by atoms with van der Waals surface area (Å²) in [7, 11) is -2.17. The van der Waals surface area contributed by atoms with Crippen molar-refractivity contribution >= 4 is 44.8 Å². The van der Waals surface area contributed by atoms with Gasteiger partial charge in [-0.25, -0.2) is 8.42 Å². The number of hydrogen-bond donors (Lipinski definition) is 1. The van der Waals surface area contributed by atoms with Gasteiger partial charge in [0, 0.05) is 18.2 Å². The van der Waals surface area contributed by atoms with Crippen molar-refractivity contribution < 1.29 is 17.9 Å². The zero-order valence-electron chi connectivity index (χ0n) is 12.5. The largest absolute Gasteiger partial charge is 0.383 e. The summed E-state index contributed by atoms with van der Waals surface area (Å²) in [5, 5.41) is 3.17. The van der Waals surface area contributed by atoms with Gasteiger partial charge in [0.1, 0.15) is 6.54 Å². The molecule has 124 valence electrons. The van der Waals surface area contributed by atoms with Crippen LogP contribution in [0.3, 0.4) is 0 Å². The van der Waals surface area contributed by atoms with Gasteiger partial charge < -0.3 is 10.1 Å². The van der Waals surface area contributed by atoms with E-state index in [4.69, 9.17) is 27.9 Å². The Labute approximate surface area is 140 Å². The van der Waals surface area contributed by atoms with Crippen LogP contribution in [-0.2, 0) is 19.6 Å². The molecular weight excluding hydrogens is 351 g/mol. The fraction of sp³-hybridized carbons (Fsp3) is 0.462. The first-order chi connectivity index (χ1) is 10.1. The summed E-state index contributed by atoms with van der Waals surface area (Å²) in [5.74, 6) is -0.457. The predicted octanol–water partition coefficient (Wildman–Crippen LogP) is 1.91. The highest BCUT2D eigenvalue weighted by Crippen LogP contribution is 2.30. The molecule has 0 aliphatic rings. The van der Waals surface area contributed by atoms with E-state index in [9.17, 15) is 13.2 Å². The summed E-state index contributed by atoms with van der Waals surface area (Å²) < 4.78 is 29.7. The lowest BCUT2D eigenvalue weighted by Gasteiger charge is -2.24. The van der Waals surface area contributed by atoms with Crippen LogP contribution in [0.1, 0.15) is 6.92 Å². The maximum absolute atomic E-state index is 12.0. The monoisotopic (exact) mass is 368 g/mol. The van der Waals surface area contributed by atoms with Crippen LogP contribution in [0.5, 0.6) is 0 Å². The van der Waals surface area contributed by atoms with Crippen molar-refractivity contribution in [3.05, 3.63) is 28.2 Å². The fourth-order valence-corrected chi connectivity index (χ4v) is 3.24. The Morgan fingerprint density at radius 2 is 2.05 bits per heavy atom. The minimum atomic E-state index is -3.68. The molecule has 1 amide bonds. The Kier molecular flexibility index (Phi) is 6.93. The molecule has 22 heavy (non-hydrogen) atoms. The molecule has 1 N–H and O–H groups in total. The first-order valence-corrected chi connectivity index (χ1v) is 8.96. The first-order valence-electron chi connectivity index (χ1n) is 6.36. The average Bonchev–Trinajstić information content (AvgIpc) is 2.35. The van der Waals surface area contributed by atoms with E-state index in [0.29, 0.717) is 11.6 Å².